The Morgan fingerprint density at radius 3 is 1.08 bits per heavy atom. The van der Waals surface area contributed by atoms with Crippen molar-refractivity contribution >= 4 is 13.3 Å². The molecule has 1 atom stereocenters. The van der Waals surface area contributed by atoms with E-state index in [0.717, 1.165) is 31.0 Å². The quantitative estimate of drug-likeness (QED) is 0.0819. The zero-order valence-electron chi connectivity index (χ0n) is 24.7. The van der Waals surface area contributed by atoms with Gasteiger partial charge in [0.25, 0.3) is 0 Å². The zero-order chi connectivity index (χ0) is 26.6. The van der Waals surface area contributed by atoms with E-state index in [9.17, 15) is 4.57 Å². The summed E-state index contributed by atoms with van der Waals surface area (Å²) in [5.41, 5.74) is 7.51. The monoisotopic (exact) mass is 517 g/mol. The maximum absolute atomic E-state index is 13.7. The Morgan fingerprint density at radius 1 is 0.528 bits per heavy atom. The minimum atomic E-state index is -1.93. The van der Waals surface area contributed by atoms with Crippen molar-refractivity contribution in [3.63, 3.8) is 0 Å². The lowest BCUT2D eigenvalue weighted by molar-refractivity contribution is 0.473. The SMILES string of the molecule is C=CO[P+](=O)c1c(CCCCC)c(CCCCC)c(CCCCC)c(CCCCC)c1CCCCC. The Hall–Kier alpha value is -1.14. The fourth-order valence-electron chi connectivity index (χ4n) is 5.56. The first-order valence-electron chi connectivity index (χ1n) is 15.5. The van der Waals surface area contributed by atoms with Gasteiger partial charge in [0.15, 0.2) is 0 Å². The third-order valence-corrected chi connectivity index (χ3v) is 8.78. The molecule has 0 aliphatic carbocycles. The first-order chi connectivity index (χ1) is 17.6. The maximum atomic E-state index is 13.7. The third-order valence-electron chi connectivity index (χ3n) is 7.53. The van der Waals surface area contributed by atoms with Gasteiger partial charge >= 0.3 is 8.03 Å². The van der Waals surface area contributed by atoms with Gasteiger partial charge in [0.1, 0.15) is 6.26 Å². The average molecular weight is 518 g/mol. The molecule has 0 amide bonds. The molecule has 2 nitrogen and oxygen atoms in total. The average Bonchev–Trinajstić information content (AvgIpc) is 2.87. The molecule has 0 heterocycles. The molecule has 0 saturated carbocycles. The van der Waals surface area contributed by atoms with E-state index in [-0.39, 0.29) is 0 Å². The van der Waals surface area contributed by atoms with Gasteiger partial charge in [0.05, 0.1) is 0 Å². The number of rotatable bonds is 23. The second kappa shape index (κ2) is 20.9. The molecule has 0 fully saturated rings. The standard InChI is InChI=1S/C33H58O2P/c1-7-13-18-23-28-29(24-19-14-8-2)31(26-21-16-10-4)33(36(34)35-12-6)32(27-22-17-11-5)30(28)25-20-15-9-3/h12H,6-11,13-27H2,1-5H3/q+1. The summed E-state index contributed by atoms with van der Waals surface area (Å²) in [4.78, 5) is 0. The van der Waals surface area contributed by atoms with Crippen molar-refractivity contribution in [1.82, 2.24) is 0 Å². The molecule has 0 N–H and O–H groups in total. The van der Waals surface area contributed by atoms with Gasteiger partial charge in [-0.2, -0.15) is 0 Å². The largest absolute Gasteiger partial charge is 0.597 e. The van der Waals surface area contributed by atoms with Gasteiger partial charge in [-0.15, -0.1) is 0 Å². The summed E-state index contributed by atoms with van der Waals surface area (Å²) in [6.07, 6.45) is 25.3. The van der Waals surface area contributed by atoms with Crippen LogP contribution in [0.1, 0.15) is 159 Å². The molecule has 0 bridgehead atoms. The van der Waals surface area contributed by atoms with E-state index < -0.39 is 8.03 Å². The van der Waals surface area contributed by atoms with Crippen molar-refractivity contribution in [2.24, 2.45) is 0 Å². The molecule has 1 rings (SSSR count). The Kier molecular flexibility index (Phi) is 19.1. The highest BCUT2D eigenvalue weighted by Gasteiger charge is 2.35. The minimum absolute atomic E-state index is 1.03. The molecule has 0 radical (unpaired) electrons. The van der Waals surface area contributed by atoms with Gasteiger partial charge < -0.3 is 0 Å². The van der Waals surface area contributed by atoms with Crippen LogP contribution in [0.2, 0.25) is 0 Å². The van der Waals surface area contributed by atoms with Crippen molar-refractivity contribution in [2.75, 3.05) is 0 Å². The summed E-state index contributed by atoms with van der Waals surface area (Å²) < 4.78 is 19.4. The van der Waals surface area contributed by atoms with E-state index in [1.807, 2.05) is 0 Å². The Bertz CT molecular complexity index is 708. The normalized spacial score (nSPS) is 11.6. The van der Waals surface area contributed by atoms with Crippen molar-refractivity contribution < 1.29 is 9.09 Å². The van der Waals surface area contributed by atoms with Crippen molar-refractivity contribution in [3.05, 3.63) is 40.7 Å². The molecule has 3 heteroatoms. The Morgan fingerprint density at radius 2 is 0.806 bits per heavy atom. The lowest BCUT2D eigenvalue weighted by atomic mass is 9.81. The molecular formula is C33H58O2P+. The van der Waals surface area contributed by atoms with Crippen LogP contribution in [-0.2, 0) is 41.2 Å². The van der Waals surface area contributed by atoms with Crippen LogP contribution in [0, 0.1) is 0 Å². The fourth-order valence-corrected chi connectivity index (χ4v) is 6.73. The summed E-state index contributed by atoms with van der Waals surface area (Å²) in [7, 11) is -1.93. The highest BCUT2D eigenvalue weighted by molar-refractivity contribution is 7.48. The van der Waals surface area contributed by atoms with Gasteiger partial charge in [-0.25, -0.2) is 0 Å². The predicted octanol–water partition coefficient (Wildman–Crippen LogP) is 10.9. The molecule has 1 aromatic rings. The van der Waals surface area contributed by atoms with Crippen LogP contribution in [0.25, 0.3) is 0 Å². The first-order valence-corrected chi connectivity index (χ1v) is 16.7. The van der Waals surface area contributed by atoms with Crippen LogP contribution >= 0.6 is 8.03 Å². The number of benzene rings is 1. The molecule has 1 unspecified atom stereocenters. The van der Waals surface area contributed by atoms with Crippen molar-refractivity contribution in [3.8, 4) is 0 Å². The maximum Gasteiger partial charge on any atom is 0.597 e. The summed E-state index contributed by atoms with van der Waals surface area (Å²) in [6, 6.07) is 0. The van der Waals surface area contributed by atoms with Crippen LogP contribution in [0.4, 0.5) is 0 Å². The van der Waals surface area contributed by atoms with E-state index in [0.29, 0.717) is 0 Å². The first kappa shape index (κ1) is 32.9. The van der Waals surface area contributed by atoms with Gasteiger partial charge in [-0.05, 0) is 85.5 Å². The van der Waals surface area contributed by atoms with Gasteiger partial charge in [-0.1, -0.05) is 105 Å². The van der Waals surface area contributed by atoms with E-state index in [2.05, 4.69) is 41.2 Å². The molecule has 0 spiro atoms. The van der Waals surface area contributed by atoms with E-state index >= 15 is 0 Å². The van der Waals surface area contributed by atoms with Crippen LogP contribution in [-0.4, -0.2) is 0 Å². The number of hydrogen-bond donors (Lipinski definition) is 0. The highest BCUT2D eigenvalue weighted by atomic mass is 31.1. The molecule has 36 heavy (non-hydrogen) atoms. The minimum Gasteiger partial charge on any atom is -0.259 e. The molecule has 1 aromatic carbocycles. The fraction of sp³-hybridized carbons (Fsp3) is 0.758. The van der Waals surface area contributed by atoms with Crippen LogP contribution in [0.3, 0.4) is 0 Å². The van der Waals surface area contributed by atoms with E-state index in [1.54, 1.807) is 16.7 Å². The summed E-state index contributed by atoms with van der Waals surface area (Å²) in [6.45, 7) is 15.2. The molecular weight excluding hydrogens is 459 g/mol. The predicted molar refractivity (Wildman–Crippen MR) is 161 cm³/mol. The van der Waals surface area contributed by atoms with Gasteiger partial charge in [0.2, 0.25) is 5.30 Å². The lowest BCUT2D eigenvalue weighted by Gasteiger charge is -2.24. The van der Waals surface area contributed by atoms with Gasteiger partial charge in [0, 0.05) is 11.1 Å². The smallest absolute Gasteiger partial charge is 0.259 e. The zero-order valence-corrected chi connectivity index (χ0v) is 25.6. The molecule has 0 aromatic heterocycles. The molecule has 0 aliphatic rings. The van der Waals surface area contributed by atoms with Crippen molar-refractivity contribution in [2.45, 2.75) is 163 Å². The van der Waals surface area contributed by atoms with Crippen LogP contribution in [0.15, 0.2) is 12.8 Å². The second-order valence-corrected chi connectivity index (χ2v) is 11.7. The lowest BCUT2D eigenvalue weighted by Crippen LogP contribution is -2.23. The van der Waals surface area contributed by atoms with Crippen LogP contribution in [0.5, 0.6) is 0 Å². The Labute approximate surface area is 226 Å². The van der Waals surface area contributed by atoms with Crippen LogP contribution < -0.4 is 5.30 Å². The molecule has 0 saturated heterocycles. The van der Waals surface area contributed by atoms with Gasteiger partial charge in [-0.3, -0.25) is 4.52 Å². The second-order valence-electron chi connectivity index (χ2n) is 10.6. The summed E-state index contributed by atoms with van der Waals surface area (Å²) in [5, 5.41) is 1.06. The topological polar surface area (TPSA) is 26.3 Å². The molecule has 206 valence electrons. The third kappa shape index (κ3) is 11.1. The van der Waals surface area contributed by atoms with E-state index in [1.165, 1.54) is 120 Å². The molecule has 0 aliphatic heterocycles. The summed E-state index contributed by atoms with van der Waals surface area (Å²) >= 11 is 0. The van der Waals surface area contributed by atoms with E-state index in [4.69, 9.17) is 4.52 Å². The number of unbranched alkanes of at least 4 members (excludes halogenated alkanes) is 10. The van der Waals surface area contributed by atoms with Crippen molar-refractivity contribution in [1.29, 1.82) is 0 Å². The Balaban J connectivity index is 3.88. The number of hydrogen-bond acceptors (Lipinski definition) is 2. The highest BCUT2D eigenvalue weighted by Crippen LogP contribution is 2.37. The summed E-state index contributed by atoms with van der Waals surface area (Å²) in [5.74, 6) is 0.